The molecule has 2 fully saturated rings. The number of furan rings is 1. The summed E-state index contributed by atoms with van der Waals surface area (Å²) in [6.45, 7) is 3.95. The molecule has 1 N–H and O–H groups in total. The largest absolute Gasteiger partial charge is 0.441 e. The van der Waals surface area contributed by atoms with E-state index in [1.807, 2.05) is 37.3 Å². The minimum Gasteiger partial charge on any atom is -0.441 e. The highest BCUT2D eigenvalue weighted by molar-refractivity contribution is 8.18. The number of amides is 1. The summed E-state index contributed by atoms with van der Waals surface area (Å²) >= 11 is 7.44. The molecule has 7 heteroatoms. The second kappa shape index (κ2) is 7.82. The number of nitrogens with zero attached hydrogens (tertiary/aromatic N) is 2. The van der Waals surface area contributed by atoms with Gasteiger partial charge in [0.2, 0.25) is 0 Å². The Morgan fingerprint density at radius 1 is 1.22 bits per heavy atom. The first-order valence-electron chi connectivity index (χ1n) is 8.99. The van der Waals surface area contributed by atoms with Crippen LogP contribution in [0.15, 0.2) is 44.6 Å². The molecule has 2 aliphatic heterocycles. The summed E-state index contributed by atoms with van der Waals surface area (Å²) in [5.41, 5.74) is 1.63. The lowest BCUT2D eigenvalue weighted by Gasteiger charge is -2.25. The van der Waals surface area contributed by atoms with E-state index >= 15 is 0 Å². The number of piperidine rings is 1. The topological polar surface area (TPSA) is 57.8 Å². The standard InChI is InChI=1S/C20H20ClN3O2S/c1-13-15(21)6-5-7-16(13)22-20-23-19(25)17(27-20)12-14-8-9-18(26-14)24-10-3-2-4-11-24/h5-9,12H,2-4,10-11H2,1H3,(H,22,23,25)/b17-12+. The monoisotopic (exact) mass is 401 g/mol. The van der Waals surface area contributed by atoms with Crippen molar-refractivity contribution in [3.63, 3.8) is 0 Å². The van der Waals surface area contributed by atoms with Crippen LogP contribution in [-0.4, -0.2) is 24.2 Å². The lowest BCUT2D eigenvalue weighted by atomic mass is 10.1. The van der Waals surface area contributed by atoms with Crippen LogP contribution in [-0.2, 0) is 4.79 Å². The lowest BCUT2D eigenvalue weighted by Crippen LogP contribution is -2.28. The van der Waals surface area contributed by atoms with Crippen molar-refractivity contribution in [2.75, 3.05) is 18.0 Å². The molecule has 1 aromatic heterocycles. The van der Waals surface area contributed by atoms with E-state index in [1.165, 1.54) is 31.0 Å². The molecule has 0 saturated carbocycles. The Kier molecular flexibility index (Phi) is 5.27. The zero-order valence-electron chi connectivity index (χ0n) is 15.0. The third-order valence-electron chi connectivity index (χ3n) is 4.67. The molecule has 2 aromatic rings. The van der Waals surface area contributed by atoms with Gasteiger partial charge >= 0.3 is 0 Å². The highest BCUT2D eigenvalue weighted by atomic mass is 35.5. The van der Waals surface area contributed by atoms with Gasteiger partial charge in [-0.25, -0.2) is 4.99 Å². The summed E-state index contributed by atoms with van der Waals surface area (Å²) in [7, 11) is 0. The molecule has 0 bridgehead atoms. The van der Waals surface area contributed by atoms with Crippen molar-refractivity contribution in [2.45, 2.75) is 26.2 Å². The van der Waals surface area contributed by atoms with Gasteiger partial charge in [-0.1, -0.05) is 17.7 Å². The van der Waals surface area contributed by atoms with E-state index in [2.05, 4.69) is 15.2 Å². The van der Waals surface area contributed by atoms with Crippen LogP contribution in [0.1, 0.15) is 30.6 Å². The van der Waals surface area contributed by atoms with Crippen LogP contribution in [0, 0.1) is 6.92 Å². The molecule has 0 aliphatic carbocycles. The molecule has 1 aromatic carbocycles. The van der Waals surface area contributed by atoms with Gasteiger partial charge in [0, 0.05) is 30.3 Å². The van der Waals surface area contributed by atoms with Crippen LogP contribution in [0.2, 0.25) is 5.02 Å². The smallest absolute Gasteiger partial charge is 0.264 e. The molecule has 0 radical (unpaired) electrons. The Morgan fingerprint density at radius 3 is 2.85 bits per heavy atom. The molecule has 0 unspecified atom stereocenters. The number of anilines is 1. The number of thioether (sulfide) groups is 1. The quantitative estimate of drug-likeness (QED) is 0.725. The van der Waals surface area contributed by atoms with Crippen molar-refractivity contribution in [1.82, 2.24) is 5.32 Å². The van der Waals surface area contributed by atoms with Crippen molar-refractivity contribution >= 4 is 52.1 Å². The number of amidine groups is 1. The first-order chi connectivity index (χ1) is 13.1. The first-order valence-corrected chi connectivity index (χ1v) is 10.2. The van der Waals surface area contributed by atoms with Crippen molar-refractivity contribution in [1.29, 1.82) is 0 Å². The zero-order chi connectivity index (χ0) is 18.8. The number of carbonyl (C=O) groups is 1. The summed E-state index contributed by atoms with van der Waals surface area (Å²) in [5.74, 6) is 1.37. The summed E-state index contributed by atoms with van der Waals surface area (Å²) < 4.78 is 5.92. The fourth-order valence-corrected chi connectivity index (χ4v) is 4.12. The van der Waals surface area contributed by atoms with E-state index in [0.717, 1.165) is 30.2 Å². The molecular formula is C20H20ClN3O2S. The van der Waals surface area contributed by atoms with Crippen molar-refractivity contribution in [3.05, 3.63) is 51.6 Å². The number of aliphatic imine (C=N–C) groups is 1. The average Bonchev–Trinajstić information content (AvgIpc) is 3.27. The predicted octanol–water partition coefficient (Wildman–Crippen LogP) is 5.12. The van der Waals surface area contributed by atoms with Crippen LogP contribution in [0.3, 0.4) is 0 Å². The third kappa shape index (κ3) is 4.06. The maximum absolute atomic E-state index is 12.3. The molecule has 2 aliphatic rings. The Labute approximate surface area is 167 Å². The van der Waals surface area contributed by atoms with Crippen LogP contribution >= 0.6 is 23.4 Å². The van der Waals surface area contributed by atoms with Crippen LogP contribution in [0.5, 0.6) is 0 Å². The maximum Gasteiger partial charge on any atom is 0.264 e. The van der Waals surface area contributed by atoms with Gasteiger partial charge in [-0.3, -0.25) is 4.79 Å². The van der Waals surface area contributed by atoms with Gasteiger partial charge in [0.1, 0.15) is 5.76 Å². The van der Waals surface area contributed by atoms with Gasteiger partial charge in [-0.2, -0.15) is 0 Å². The number of halogens is 1. The third-order valence-corrected chi connectivity index (χ3v) is 5.98. The normalized spacial score (nSPS) is 20.5. The van der Waals surface area contributed by atoms with Gasteiger partial charge < -0.3 is 14.6 Å². The maximum atomic E-state index is 12.3. The average molecular weight is 402 g/mol. The van der Waals surface area contributed by atoms with Crippen LogP contribution in [0.25, 0.3) is 6.08 Å². The first kappa shape index (κ1) is 18.2. The van der Waals surface area contributed by atoms with Crippen LogP contribution in [0.4, 0.5) is 11.6 Å². The number of nitrogens with one attached hydrogen (secondary N) is 1. The Bertz CT molecular complexity index is 929. The molecule has 4 rings (SSSR count). The molecule has 5 nitrogen and oxygen atoms in total. The van der Waals surface area contributed by atoms with Gasteiger partial charge in [0.05, 0.1) is 10.6 Å². The molecule has 27 heavy (non-hydrogen) atoms. The second-order valence-electron chi connectivity index (χ2n) is 6.59. The minimum atomic E-state index is -0.172. The van der Waals surface area contributed by atoms with E-state index in [9.17, 15) is 4.79 Å². The fraction of sp³-hybridized carbons (Fsp3) is 0.300. The van der Waals surface area contributed by atoms with E-state index in [-0.39, 0.29) is 5.91 Å². The zero-order valence-corrected chi connectivity index (χ0v) is 16.6. The van der Waals surface area contributed by atoms with E-state index < -0.39 is 0 Å². The highest BCUT2D eigenvalue weighted by Gasteiger charge is 2.25. The van der Waals surface area contributed by atoms with Gasteiger partial charge in [0.25, 0.3) is 5.91 Å². The molecule has 0 atom stereocenters. The predicted molar refractivity (Wildman–Crippen MR) is 112 cm³/mol. The van der Waals surface area contributed by atoms with Gasteiger partial charge in [-0.15, -0.1) is 0 Å². The lowest BCUT2D eigenvalue weighted by molar-refractivity contribution is -0.115. The Morgan fingerprint density at radius 2 is 2.04 bits per heavy atom. The van der Waals surface area contributed by atoms with Crippen molar-refractivity contribution < 1.29 is 9.21 Å². The van der Waals surface area contributed by atoms with Crippen molar-refractivity contribution in [3.8, 4) is 0 Å². The van der Waals surface area contributed by atoms with Crippen LogP contribution < -0.4 is 10.2 Å². The number of hydrogen-bond acceptors (Lipinski definition) is 5. The molecule has 2 saturated heterocycles. The van der Waals surface area contributed by atoms with Gasteiger partial charge in [0.15, 0.2) is 11.1 Å². The highest BCUT2D eigenvalue weighted by Crippen LogP contribution is 2.32. The summed E-state index contributed by atoms with van der Waals surface area (Å²) in [4.78, 5) is 19.6. The Balaban J connectivity index is 1.51. The fourth-order valence-electron chi connectivity index (χ4n) is 3.14. The number of rotatable bonds is 3. The molecular weight excluding hydrogens is 382 g/mol. The van der Waals surface area contributed by atoms with E-state index in [1.54, 1.807) is 6.08 Å². The van der Waals surface area contributed by atoms with Gasteiger partial charge in [-0.05, 0) is 61.7 Å². The number of benzene rings is 1. The molecule has 3 heterocycles. The summed E-state index contributed by atoms with van der Waals surface area (Å²) in [6.07, 6.45) is 5.43. The molecule has 1 amide bonds. The number of carbonyl (C=O) groups excluding carboxylic acids is 1. The minimum absolute atomic E-state index is 0.172. The Hall–Kier alpha value is -2.18. The molecule has 0 spiro atoms. The number of hydrogen-bond donors (Lipinski definition) is 1. The summed E-state index contributed by atoms with van der Waals surface area (Å²) in [5, 5.41) is 4.00. The molecule has 140 valence electrons. The van der Waals surface area contributed by atoms with E-state index in [0.29, 0.717) is 20.9 Å². The summed E-state index contributed by atoms with van der Waals surface area (Å²) in [6, 6.07) is 9.42. The second-order valence-corrected chi connectivity index (χ2v) is 8.03. The van der Waals surface area contributed by atoms with E-state index in [4.69, 9.17) is 16.0 Å². The SMILES string of the molecule is Cc1c(Cl)cccc1N=C1NC(=O)/C(=C\c2ccc(N3CCCCC3)o2)S1. The van der Waals surface area contributed by atoms with Crippen molar-refractivity contribution in [2.24, 2.45) is 4.99 Å².